The highest BCUT2D eigenvalue weighted by Gasteiger charge is 2.26. The smallest absolute Gasteiger partial charge is 0.0281 e. The van der Waals surface area contributed by atoms with E-state index in [0.717, 1.165) is 12.1 Å². The molecule has 2 aliphatic heterocycles. The highest BCUT2D eigenvalue weighted by Crippen LogP contribution is 2.25. The van der Waals surface area contributed by atoms with Crippen LogP contribution in [0, 0.1) is 0 Å². The molecule has 2 heterocycles. The Kier molecular flexibility index (Phi) is 1.99. The molecule has 0 saturated carbocycles. The number of hydrogen-bond acceptors (Lipinski definition) is 1. The van der Waals surface area contributed by atoms with E-state index in [1.54, 1.807) is 0 Å². The maximum atomic E-state index is 2.66. The Morgan fingerprint density at radius 1 is 1.36 bits per heavy atom. The lowest BCUT2D eigenvalue weighted by Gasteiger charge is -2.41. The van der Waals surface area contributed by atoms with Gasteiger partial charge in [0.15, 0.2) is 0 Å². The van der Waals surface area contributed by atoms with Crippen molar-refractivity contribution < 1.29 is 0 Å². The van der Waals surface area contributed by atoms with Crippen molar-refractivity contribution in [1.29, 1.82) is 0 Å². The SMILES string of the molecule is CC1CCCC2C=CCCN12. The summed E-state index contributed by atoms with van der Waals surface area (Å²) in [5.74, 6) is 0. The predicted octanol–water partition coefficient (Wildman–Crippen LogP) is 2.19. The van der Waals surface area contributed by atoms with Crippen LogP contribution in [-0.4, -0.2) is 23.5 Å². The first-order valence-electron chi connectivity index (χ1n) is 4.80. The second kappa shape index (κ2) is 2.98. The van der Waals surface area contributed by atoms with E-state index in [4.69, 9.17) is 0 Å². The quantitative estimate of drug-likeness (QED) is 0.480. The van der Waals surface area contributed by atoms with Gasteiger partial charge in [-0.15, -0.1) is 0 Å². The zero-order chi connectivity index (χ0) is 7.68. The van der Waals surface area contributed by atoms with Crippen molar-refractivity contribution >= 4 is 0 Å². The van der Waals surface area contributed by atoms with Crippen molar-refractivity contribution in [1.82, 2.24) is 4.90 Å². The second-order valence-electron chi connectivity index (χ2n) is 3.80. The van der Waals surface area contributed by atoms with Crippen LogP contribution in [0.4, 0.5) is 0 Å². The first-order chi connectivity index (χ1) is 5.38. The normalized spacial score (nSPS) is 38.6. The lowest BCUT2D eigenvalue weighted by Crippen LogP contribution is -2.45. The Morgan fingerprint density at radius 2 is 2.27 bits per heavy atom. The Bertz CT molecular complexity index is 162. The molecular formula is C10H17N. The summed E-state index contributed by atoms with van der Waals surface area (Å²) < 4.78 is 0. The van der Waals surface area contributed by atoms with Gasteiger partial charge in [0, 0.05) is 18.6 Å². The van der Waals surface area contributed by atoms with Gasteiger partial charge in [-0.05, 0) is 26.2 Å². The Morgan fingerprint density at radius 3 is 3.09 bits per heavy atom. The van der Waals surface area contributed by atoms with E-state index in [-0.39, 0.29) is 0 Å². The molecule has 0 aliphatic carbocycles. The molecule has 0 aromatic heterocycles. The number of piperidine rings is 1. The summed E-state index contributed by atoms with van der Waals surface area (Å²) >= 11 is 0. The van der Waals surface area contributed by atoms with Crippen LogP contribution >= 0.6 is 0 Å². The van der Waals surface area contributed by atoms with Gasteiger partial charge in [-0.2, -0.15) is 0 Å². The topological polar surface area (TPSA) is 3.24 Å². The minimum atomic E-state index is 0.785. The maximum absolute atomic E-state index is 2.66. The average molecular weight is 151 g/mol. The number of hydrogen-bond donors (Lipinski definition) is 0. The molecule has 62 valence electrons. The molecule has 2 atom stereocenters. The fraction of sp³-hybridized carbons (Fsp3) is 0.800. The van der Waals surface area contributed by atoms with Crippen LogP contribution < -0.4 is 0 Å². The van der Waals surface area contributed by atoms with Gasteiger partial charge >= 0.3 is 0 Å². The van der Waals surface area contributed by atoms with E-state index in [1.807, 2.05) is 0 Å². The van der Waals surface area contributed by atoms with Crippen LogP contribution in [0.5, 0.6) is 0 Å². The van der Waals surface area contributed by atoms with Gasteiger partial charge < -0.3 is 0 Å². The average Bonchev–Trinajstić information content (AvgIpc) is 2.06. The van der Waals surface area contributed by atoms with E-state index in [1.165, 1.54) is 32.2 Å². The maximum Gasteiger partial charge on any atom is 0.0281 e. The summed E-state index contributed by atoms with van der Waals surface area (Å²) in [7, 11) is 0. The highest BCUT2D eigenvalue weighted by atomic mass is 15.2. The summed E-state index contributed by atoms with van der Waals surface area (Å²) in [5.41, 5.74) is 0. The molecule has 2 unspecified atom stereocenters. The van der Waals surface area contributed by atoms with E-state index in [2.05, 4.69) is 24.0 Å². The van der Waals surface area contributed by atoms with Crippen molar-refractivity contribution in [2.45, 2.75) is 44.7 Å². The fourth-order valence-electron chi connectivity index (χ4n) is 2.35. The number of rotatable bonds is 0. The molecule has 0 bridgehead atoms. The zero-order valence-electron chi connectivity index (χ0n) is 7.29. The molecule has 0 radical (unpaired) electrons. The molecule has 0 aromatic rings. The summed E-state index contributed by atoms with van der Waals surface area (Å²) in [6.07, 6.45) is 10.2. The zero-order valence-corrected chi connectivity index (χ0v) is 7.29. The van der Waals surface area contributed by atoms with Gasteiger partial charge in [0.2, 0.25) is 0 Å². The summed E-state index contributed by atoms with van der Waals surface area (Å²) in [4.78, 5) is 2.66. The molecule has 1 heteroatoms. The predicted molar refractivity (Wildman–Crippen MR) is 47.6 cm³/mol. The van der Waals surface area contributed by atoms with Gasteiger partial charge in [0.25, 0.3) is 0 Å². The van der Waals surface area contributed by atoms with Crippen LogP contribution in [-0.2, 0) is 0 Å². The van der Waals surface area contributed by atoms with Crippen molar-refractivity contribution in [2.24, 2.45) is 0 Å². The van der Waals surface area contributed by atoms with Gasteiger partial charge in [-0.1, -0.05) is 18.6 Å². The second-order valence-corrected chi connectivity index (χ2v) is 3.80. The Hall–Kier alpha value is -0.300. The molecule has 0 N–H and O–H groups in total. The van der Waals surface area contributed by atoms with Crippen molar-refractivity contribution in [3.05, 3.63) is 12.2 Å². The van der Waals surface area contributed by atoms with Gasteiger partial charge in [0.05, 0.1) is 0 Å². The molecule has 1 saturated heterocycles. The lowest BCUT2D eigenvalue weighted by atomic mass is 9.94. The fourth-order valence-corrected chi connectivity index (χ4v) is 2.35. The van der Waals surface area contributed by atoms with Crippen LogP contribution in [0.15, 0.2) is 12.2 Å². The monoisotopic (exact) mass is 151 g/mol. The number of nitrogens with zero attached hydrogens (tertiary/aromatic N) is 1. The highest BCUT2D eigenvalue weighted by molar-refractivity contribution is 5.02. The van der Waals surface area contributed by atoms with E-state index >= 15 is 0 Å². The molecular weight excluding hydrogens is 134 g/mol. The summed E-state index contributed by atoms with van der Waals surface area (Å²) in [6.45, 7) is 3.66. The van der Waals surface area contributed by atoms with Crippen LogP contribution in [0.25, 0.3) is 0 Å². The van der Waals surface area contributed by atoms with E-state index in [0.29, 0.717) is 0 Å². The molecule has 11 heavy (non-hydrogen) atoms. The first-order valence-corrected chi connectivity index (χ1v) is 4.80. The van der Waals surface area contributed by atoms with Gasteiger partial charge in [-0.3, -0.25) is 4.90 Å². The molecule has 1 fully saturated rings. The minimum Gasteiger partial charge on any atom is -0.294 e. The third-order valence-corrected chi connectivity index (χ3v) is 3.03. The molecule has 0 amide bonds. The molecule has 0 spiro atoms. The van der Waals surface area contributed by atoms with Crippen LogP contribution in [0.2, 0.25) is 0 Å². The molecule has 1 nitrogen and oxygen atoms in total. The largest absolute Gasteiger partial charge is 0.294 e. The molecule has 2 rings (SSSR count). The standard InChI is InChI=1S/C10H17N/c1-9-5-4-7-10-6-2-3-8-11(9)10/h2,6,9-10H,3-5,7-8H2,1H3. The van der Waals surface area contributed by atoms with Crippen molar-refractivity contribution in [2.75, 3.05) is 6.54 Å². The molecule has 2 aliphatic rings. The molecule has 0 aromatic carbocycles. The number of fused-ring (bicyclic) bond motifs is 1. The third kappa shape index (κ3) is 1.34. The lowest BCUT2D eigenvalue weighted by molar-refractivity contribution is 0.115. The van der Waals surface area contributed by atoms with Crippen molar-refractivity contribution in [3.63, 3.8) is 0 Å². The Balaban J connectivity index is 2.08. The van der Waals surface area contributed by atoms with E-state index in [9.17, 15) is 0 Å². The summed E-state index contributed by atoms with van der Waals surface area (Å²) in [6, 6.07) is 1.62. The minimum absolute atomic E-state index is 0.785. The van der Waals surface area contributed by atoms with Crippen LogP contribution in [0.1, 0.15) is 32.6 Å². The van der Waals surface area contributed by atoms with Crippen LogP contribution in [0.3, 0.4) is 0 Å². The Labute approximate surface area is 69.1 Å². The van der Waals surface area contributed by atoms with E-state index < -0.39 is 0 Å². The third-order valence-electron chi connectivity index (χ3n) is 3.03. The van der Waals surface area contributed by atoms with Gasteiger partial charge in [0.1, 0.15) is 0 Å². The first kappa shape index (κ1) is 7.35. The van der Waals surface area contributed by atoms with Gasteiger partial charge in [-0.25, -0.2) is 0 Å². The summed E-state index contributed by atoms with van der Waals surface area (Å²) in [5, 5.41) is 0. The van der Waals surface area contributed by atoms with Crippen molar-refractivity contribution in [3.8, 4) is 0 Å².